The average Bonchev–Trinajstić information content (AvgIpc) is 2.97. The van der Waals surface area contributed by atoms with Crippen molar-refractivity contribution >= 4 is 5.97 Å². The Morgan fingerprint density at radius 3 is 2.04 bits per heavy atom. The van der Waals surface area contributed by atoms with Gasteiger partial charge < -0.3 is 4.74 Å². The molecular weight excluding hydrogens is 284 g/mol. The summed E-state index contributed by atoms with van der Waals surface area (Å²) in [6.45, 7) is 6.93. The van der Waals surface area contributed by atoms with E-state index in [4.69, 9.17) is 4.74 Å². The summed E-state index contributed by atoms with van der Waals surface area (Å²) >= 11 is 0. The third-order valence-electron chi connectivity index (χ3n) is 5.62. The highest BCUT2D eigenvalue weighted by atomic mass is 16.5. The lowest BCUT2D eigenvalue weighted by atomic mass is 9.94. The van der Waals surface area contributed by atoms with Crippen LogP contribution in [0.4, 0.5) is 0 Å². The number of rotatable bonds is 13. The van der Waals surface area contributed by atoms with Crippen molar-refractivity contribution in [2.24, 2.45) is 17.8 Å². The summed E-state index contributed by atoms with van der Waals surface area (Å²) in [4.78, 5) is 12.1. The largest absolute Gasteiger partial charge is 0.466 e. The van der Waals surface area contributed by atoms with Crippen molar-refractivity contribution in [3.05, 3.63) is 0 Å². The van der Waals surface area contributed by atoms with Crippen LogP contribution in [0, 0.1) is 17.8 Å². The van der Waals surface area contributed by atoms with Gasteiger partial charge in [-0.1, -0.05) is 84.5 Å². The highest BCUT2D eigenvalue weighted by molar-refractivity contribution is 5.73. The Labute approximate surface area is 144 Å². The van der Waals surface area contributed by atoms with Crippen LogP contribution >= 0.6 is 0 Å². The summed E-state index contributed by atoms with van der Waals surface area (Å²) in [7, 11) is 0. The minimum absolute atomic E-state index is 0.0638. The molecule has 0 bridgehead atoms. The fourth-order valence-electron chi connectivity index (χ4n) is 4.21. The first-order chi connectivity index (χ1) is 11.2. The minimum Gasteiger partial charge on any atom is -0.466 e. The molecular formula is C21H40O2. The van der Waals surface area contributed by atoms with Gasteiger partial charge in [-0.05, 0) is 31.6 Å². The fraction of sp³-hybridized carbons (Fsp3) is 0.952. The second-order valence-corrected chi connectivity index (χ2v) is 7.48. The van der Waals surface area contributed by atoms with Crippen LogP contribution in [0.25, 0.3) is 0 Å². The van der Waals surface area contributed by atoms with Crippen LogP contribution in [0.3, 0.4) is 0 Å². The van der Waals surface area contributed by atoms with E-state index < -0.39 is 0 Å². The van der Waals surface area contributed by atoms with Crippen molar-refractivity contribution in [3.63, 3.8) is 0 Å². The summed E-state index contributed by atoms with van der Waals surface area (Å²) < 4.78 is 5.27. The van der Waals surface area contributed by atoms with Gasteiger partial charge in [0.2, 0.25) is 0 Å². The molecule has 0 amide bonds. The molecule has 23 heavy (non-hydrogen) atoms. The van der Waals surface area contributed by atoms with Gasteiger partial charge in [-0.25, -0.2) is 0 Å². The van der Waals surface area contributed by atoms with Crippen LogP contribution < -0.4 is 0 Å². The first-order valence-corrected chi connectivity index (χ1v) is 10.4. The topological polar surface area (TPSA) is 26.3 Å². The van der Waals surface area contributed by atoms with E-state index in [0.29, 0.717) is 12.5 Å². The highest BCUT2D eigenvalue weighted by Crippen LogP contribution is 2.41. The molecule has 1 rings (SSSR count). The number of unbranched alkanes of at least 4 members (excludes halogenated alkanes) is 8. The molecule has 0 aliphatic heterocycles. The molecule has 1 fully saturated rings. The first kappa shape index (κ1) is 20.5. The molecule has 1 aliphatic rings. The number of carbonyl (C=O) groups excluding carboxylic acids is 1. The number of hydrogen-bond acceptors (Lipinski definition) is 2. The smallest absolute Gasteiger partial charge is 0.309 e. The van der Waals surface area contributed by atoms with E-state index in [1.165, 1.54) is 70.6 Å². The van der Waals surface area contributed by atoms with Crippen LogP contribution in [-0.4, -0.2) is 12.6 Å². The summed E-state index contributed by atoms with van der Waals surface area (Å²) in [6.07, 6.45) is 17.3. The molecule has 0 aromatic heterocycles. The zero-order valence-electron chi connectivity index (χ0n) is 15.9. The SMILES string of the molecule is CCCCCCCCCCCC1CC(CC)C(C(=O)OCC)C1. The summed E-state index contributed by atoms with van der Waals surface area (Å²) in [5, 5.41) is 0. The van der Waals surface area contributed by atoms with Gasteiger partial charge in [-0.3, -0.25) is 4.79 Å². The van der Waals surface area contributed by atoms with Gasteiger partial charge in [0.05, 0.1) is 12.5 Å². The third kappa shape index (κ3) is 8.22. The van der Waals surface area contributed by atoms with Crippen LogP contribution in [-0.2, 0) is 9.53 Å². The predicted octanol–water partition coefficient (Wildman–Crippen LogP) is 6.52. The Morgan fingerprint density at radius 1 is 0.870 bits per heavy atom. The fourth-order valence-corrected chi connectivity index (χ4v) is 4.21. The van der Waals surface area contributed by atoms with Gasteiger partial charge in [0, 0.05) is 0 Å². The maximum atomic E-state index is 12.1. The van der Waals surface area contributed by atoms with E-state index in [-0.39, 0.29) is 11.9 Å². The van der Waals surface area contributed by atoms with Gasteiger partial charge in [0.1, 0.15) is 0 Å². The van der Waals surface area contributed by atoms with Gasteiger partial charge in [-0.15, -0.1) is 0 Å². The minimum atomic E-state index is 0.0638. The molecule has 2 heteroatoms. The zero-order valence-corrected chi connectivity index (χ0v) is 15.9. The van der Waals surface area contributed by atoms with E-state index in [9.17, 15) is 4.79 Å². The molecule has 3 unspecified atom stereocenters. The molecule has 0 aromatic carbocycles. The number of esters is 1. The Kier molecular flexibility index (Phi) is 11.5. The van der Waals surface area contributed by atoms with Crippen molar-refractivity contribution in [1.29, 1.82) is 0 Å². The third-order valence-corrected chi connectivity index (χ3v) is 5.62. The first-order valence-electron chi connectivity index (χ1n) is 10.4. The van der Waals surface area contributed by atoms with Crippen molar-refractivity contribution in [2.45, 2.75) is 104 Å². The lowest BCUT2D eigenvalue weighted by Crippen LogP contribution is -2.21. The summed E-state index contributed by atoms with van der Waals surface area (Å²) in [5.41, 5.74) is 0. The standard InChI is InChI=1S/C21H40O2/c1-4-7-8-9-10-11-12-13-14-15-18-16-19(5-2)20(17-18)21(22)23-6-3/h18-20H,4-17H2,1-3H3. The summed E-state index contributed by atoms with van der Waals surface area (Å²) in [6, 6.07) is 0. The number of hydrogen-bond donors (Lipinski definition) is 0. The van der Waals surface area contributed by atoms with Gasteiger partial charge in [-0.2, -0.15) is 0 Å². The molecule has 0 N–H and O–H groups in total. The number of ether oxygens (including phenoxy) is 1. The van der Waals surface area contributed by atoms with Crippen molar-refractivity contribution in [2.75, 3.05) is 6.61 Å². The molecule has 0 aromatic rings. The lowest BCUT2D eigenvalue weighted by Gasteiger charge is -2.15. The monoisotopic (exact) mass is 324 g/mol. The van der Waals surface area contributed by atoms with Gasteiger partial charge in [0.15, 0.2) is 0 Å². The quantitative estimate of drug-likeness (QED) is 0.284. The van der Waals surface area contributed by atoms with Crippen LogP contribution in [0.5, 0.6) is 0 Å². The van der Waals surface area contributed by atoms with E-state index >= 15 is 0 Å². The van der Waals surface area contributed by atoms with E-state index in [1.54, 1.807) is 0 Å². The maximum Gasteiger partial charge on any atom is 0.309 e. The van der Waals surface area contributed by atoms with Gasteiger partial charge in [0.25, 0.3) is 0 Å². The molecule has 3 atom stereocenters. The van der Waals surface area contributed by atoms with Crippen molar-refractivity contribution in [3.8, 4) is 0 Å². The molecule has 1 saturated carbocycles. The van der Waals surface area contributed by atoms with Crippen LogP contribution in [0.1, 0.15) is 104 Å². The van der Waals surface area contributed by atoms with E-state index in [0.717, 1.165) is 18.8 Å². The molecule has 0 saturated heterocycles. The number of carbonyl (C=O) groups is 1. The Morgan fingerprint density at radius 2 is 1.48 bits per heavy atom. The lowest BCUT2D eigenvalue weighted by molar-refractivity contribution is -0.149. The van der Waals surface area contributed by atoms with Gasteiger partial charge >= 0.3 is 5.97 Å². The maximum absolute atomic E-state index is 12.1. The molecule has 0 heterocycles. The van der Waals surface area contributed by atoms with Crippen molar-refractivity contribution < 1.29 is 9.53 Å². The molecule has 2 nitrogen and oxygen atoms in total. The van der Waals surface area contributed by atoms with Crippen LogP contribution in [0.2, 0.25) is 0 Å². The Balaban J connectivity index is 2.08. The second kappa shape index (κ2) is 12.8. The predicted molar refractivity (Wildman–Crippen MR) is 98.5 cm³/mol. The molecule has 1 aliphatic carbocycles. The van der Waals surface area contributed by atoms with E-state index in [1.807, 2.05) is 6.92 Å². The zero-order chi connectivity index (χ0) is 16.9. The highest BCUT2D eigenvalue weighted by Gasteiger charge is 2.37. The summed E-state index contributed by atoms with van der Waals surface area (Å²) in [5.74, 6) is 1.58. The van der Waals surface area contributed by atoms with E-state index in [2.05, 4.69) is 13.8 Å². The molecule has 0 spiro atoms. The second-order valence-electron chi connectivity index (χ2n) is 7.48. The molecule has 0 radical (unpaired) electrons. The van der Waals surface area contributed by atoms with Crippen LogP contribution in [0.15, 0.2) is 0 Å². The Bertz CT molecular complexity index is 300. The molecule has 136 valence electrons. The average molecular weight is 325 g/mol. The van der Waals surface area contributed by atoms with Crippen molar-refractivity contribution in [1.82, 2.24) is 0 Å². The Hall–Kier alpha value is -0.530. The normalized spacial score (nSPS) is 24.0.